The lowest BCUT2D eigenvalue weighted by molar-refractivity contribution is -0.131. The maximum absolute atomic E-state index is 12.8. The van der Waals surface area contributed by atoms with Gasteiger partial charge in [-0.25, -0.2) is 8.42 Å². The van der Waals surface area contributed by atoms with Gasteiger partial charge in [0.25, 0.3) is 0 Å². The molecule has 0 saturated carbocycles. The standard InChI is InChI=1S/C20H23BrN2O5S/c1-27-18-7-6-15(12-19(18)28-2)13-20(24)22-8-10-23(11-9-22)29(25,26)17-5-3-4-16(21)14-17/h3-7,12,14H,8-11,13H2,1-2H3. The lowest BCUT2D eigenvalue weighted by atomic mass is 10.1. The molecule has 1 aliphatic heterocycles. The molecule has 0 aromatic heterocycles. The fourth-order valence-corrected chi connectivity index (χ4v) is 5.25. The van der Waals surface area contributed by atoms with E-state index in [9.17, 15) is 13.2 Å². The summed E-state index contributed by atoms with van der Waals surface area (Å²) in [6, 6.07) is 12.0. The van der Waals surface area contributed by atoms with E-state index in [1.165, 1.54) is 4.31 Å². The molecule has 1 saturated heterocycles. The summed E-state index contributed by atoms with van der Waals surface area (Å²) in [5.74, 6) is 1.13. The van der Waals surface area contributed by atoms with Crippen LogP contribution in [0.25, 0.3) is 0 Å². The lowest BCUT2D eigenvalue weighted by Gasteiger charge is -2.34. The van der Waals surface area contributed by atoms with Crippen LogP contribution in [0.3, 0.4) is 0 Å². The zero-order valence-electron chi connectivity index (χ0n) is 16.3. The van der Waals surface area contributed by atoms with Crippen LogP contribution in [0.4, 0.5) is 0 Å². The number of hydrogen-bond donors (Lipinski definition) is 0. The average molecular weight is 483 g/mol. The third kappa shape index (κ3) is 4.91. The van der Waals surface area contributed by atoms with Crippen LogP contribution in [-0.2, 0) is 21.2 Å². The van der Waals surface area contributed by atoms with E-state index >= 15 is 0 Å². The molecular weight excluding hydrogens is 460 g/mol. The number of carbonyl (C=O) groups is 1. The first-order chi connectivity index (χ1) is 13.8. The van der Waals surface area contributed by atoms with E-state index in [1.807, 2.05) is 6.07 Å². The van der Waals surface area contributed by atoms with Crippen LogP contribution < -0.4 is 9.47 Å². The number of methoxy groups -OCH3 is 2. The second-order valence-electron chi connectivity index (χ2n) is 6.61. The quantitative estimate of drug-likeness (QED) is 0.632. The topological polar surface area (TPSA) is 76.2 Å². The highest BCUT2D eigenvalue weighted by molar-refractivity contribution is 9.10. The molecule has 3 rings (SSSR count). The van der Waals surface area contributed by atoms with Gasteiger partial charge >= 0.3 is 0 Å². The molecule has 29 heavy (non-hydrogen) atoms. The Morgan fingerprint density at radius 2 is 1.69 bits per heavy atom. The van der Waals surface area contributed by atoms with Crippen molar-refractivity contribution in [3.63, 3.8) is 0 Å². The van der Waals surface area contributed by atoms with Crippen LogP contribution in [-0.4, -0.2) is 63.9 Å². The molecule has 0 radical (unpaired) electrons. The van der Waals surface area contributed by atoms with Gasteiger partial charge in [-0.1, -0.05) is 28.1 Å². The van der Waals surface area contributed by atoms with Gasteiger partial charge in [-0.05, 0) is 35.9 Å². The molecule has 1 fully saturated rings. The van der Waals surface area contributed by atoms with Crippen molar-refractivity contribution < 1.29 is 22.7 Å². The minimum Gasteiger partial charge on any atom is -0.493 e. The van der Waals surface area contributed by atoms with Gasteiger partial charge in [-0.15, -0.1) is 0 Å². The maximum atomic E-state index is 12.8. The smallest absolute Gasteiger partial charge is 0.243 e. The predicted octanol–water partition coefficient (Wildman–Crippen LogP) is 2.54. The Kier molecular flexibility index (Phi) is 6.81. The predicted molar refractivity (Wildman–Crippen MR) is 113 cm³/mol. The van der Waals surface area contributed by atoms with Crippen molar-refractivity contribution in [2.24, 2.45) is 0 Å². The number of hydrogen-bond acceptors (Lipinski definition) is 5. The van der Waals surface area contributed by atoms with Crippen molar-refractivity contribution in [1.29, 1.82) is 0 Å². The molecule has 0 N–H and O–H groups in total. The van der Waals surface area contributed by atoms with Crippen molar-refractivity contribution in [2.75, 3.05) is 40.4 Å². The summed E-state index contributed by atoms with van der Waals surface area (Å²) in [6.07, 6.45) is 0.221. The molecule has 2 aromatic rings. The highest BCUT2D eigenvalue weighted by Gasteiger charge is 2.30. The normalized spacial score (nSPS) is 15.2. The fourth-order valence-electron chi connectivity index (χ4n) is 3.23. The van der Waals surface area contributed by atoms with E-state index in [4.69, 9.17) is 9.47 Å². The van der Waals surface area contributed by atoms with Gasteiger partial charge in [0.2, 0.25) is 15.9 Å². The number of piperazine rings is 1. The van der Waals surface area contributed by atoms with E-state index in [-0.39, 0.29) is 30.3 Å². The number of amides is 1. The lowest BCUT2D eigenvalue weighted by Crippen LogP contribution is -2.50. The minimum absolute atomic E-state index is 0.0447. The van der Waals surface area contributed by atoms with Gasteiger partial charge in [-0.2, -0.15) is 4.31 Å². The highest BCUT2D eigenvalue weighted by atomic mass is 79.9. The van der Waals surface area contributed by atoms with Crippen LogP contribution in [0, 0.1) is 0 Å². The summed E-state index contributed by atoms with van der Waals surface area (Å²) in [5.41, 5.74) is 0.817. The molecule has 0 bridgehead atoms. The van der Waals surface area contributed by atoms with Gasteiger partial charge in [-0.3, -0.25) is 4.79 Å². The molecule has 156 valence electrons. The van der Waals surface area contributed by atoms with E-state index < -0.39 is 10.0 Å². The summed E-state index contributed by atoms with van der Waals surface area (Å²) >= 11 is 3.31. The first-order valence-corrected chi connectivity index (χ1v) is 11.3. The molecule has 9 heteroatoms. The van der Waals surface area contributed by atoms with Gasteiger partial charge in [0.15, 0.2) is 11.5 Å². The van der Waals surface area contributed by atoms with Gasteiger partial charge in [0, 0.05) is 30.7 Å². The van der Waals surface area contributed by atoms with Crippen molar-refractivity contribution in [1.82, 2.24) is 9.21 Å². The number of benzene rings is 2. The van der Waals surface area contributed by atoms with Crippen molar-refractivity contribution >= 4 is 31.9 Å². The Morgan fingerprint density at radius 1 is 1.00 bits per heavy atom. The van der Waals surface area contributed by atoms with Crippen LogP contribution >= 0.6 is 15.9 Å². The van der Waals surface area contributed by atoms with Crippen LogP contribution in [0.15, 0.2) is 51.8 Å². The molecule has 0 spiro atoms. The largest absolute Gasteiger partial charge is 0.493 e. The Balaban J connectivity index is 1.62. The van der Waals surface area contributed by atoms with Crippen LogP contribution in [0.2, 0.25) is 0 Å². The Hall–Kier alpha value is -2.10. The van der Waals surface area contributed by atoms with E-state index in [1.54, 1.807) is 55.5 Å². The highest BCUT2D eigenvalue weighted by Crippen LogP contribution is 2.28. The minimum atomic E-state index is -3.57. The molecular formula is C20H23BrN2O5S. The second kappa shape index (κ2) is 9.15. The number of nitrogens with zero attached hydrogens (tertiary/aromatic N) is 2. The molecule has 1 aliphatic rings. The second-order valence-corrected chi connectivity index (χ2v) is 9.46. The molecule has 1 amide bonds. The van der Waals surface area contributed by atoms with Gasteiger partial charge in [0.05, 0.1) is 25.5 Å². The van der Waals surface area contributed by atoms with E-state index in [0.29, 0.717) is 29.1 Å². The molecule has 1 heterocycles. The number of sulfonamides is 1. The Morgan fingerprint density at radius 3 is 2.31 bits per heavy atom. The number of rotatable bonds is 6. The Labute approximate surface area is 179 Å². The van der Waals surface area contributed by atoms with Crippen LogP contribution in [0.1, 0.15) is 5.56 Å². The Bertz CT molecular complexity index is 988. The van der Waals surface area contributed by atoms with E-state index in [0.717, 1.165) is 5.56 Å². The third-order valence-electron chi connectivity index (χ3n) is 4.83. The summed E-state index contributed by atoms with van der Waals surface area (Å²) in [5, 5.41) is 0. The van der Waals surface area contributed by atoms with Crippen molar-refractivity contribution in [2.45, 2.75) is 11.3 Å². The summed E-state index contributed by atoms with van der Waals surface area (Å²) < 4.78 is 38.3. The van der Waals surface area contributed by atoms with Crippen LogP contribution in [0.5, 0.6) is 11.5 Å². The molecule has 0 aliphatic carbocycles. The summed E-state index contributed by atoms with van der Waals surface area (Å²) in [7, 11) is -0.464. The zero-order valence-corrected chi connectivity index (χ0v) is 18.7. The van der Waals surface area contributed by atoms with Gasteiger partial charge in [0.1, 0.15) is 0 Å². The molecule has 2 aromatic carbocycles. The number of halogens is 1. The first kappa shape index (κ1) is 21.6. The third-order valence-corrected chi connectivity index (χ3v) is 7.22. The fraction of sp³-hybridized carbons (Fsp3) is 0.350. The number of carbonyl (C=O) groups excluding carboxylic acids is 1. The number of ether oxygens (including phenoxy) is 2. The average Bonchev–Trinajstić information content (AvgIpc) is 2.73. The SMILES string of the molecule is COc1ccc(CC(=O)N2CCN(S(=O)(=O)c3cccc(Br)c3)CC2)cc1OC. The van der Waals surface area contributed by atoms with Crippen molar-refractivity contribution in [3.8, 4) is 11.5 Å². The monoisotopic (exact) mass is 482 g/mol. The first-order valence-electron chi connectivity index (χ1n) is 9.09. The zero-order chi connectivity index (χ0) is 21.0. The summed E-state index contributed by atoms with van der Waals surface area (Å²) in [6.45, 7) is 1.26. The maximum Gasteiger partial charge on any atom is 0.243 e. The summed E-state index contributed by atoms with van der Waals surface area (Å²) in [4.78, 5) is 14.6. The van der Waals surface area contributed by atoms with E-state index in [2.05, 4.69) is 15.9 Å². The van der Waals surface area contributed by atoms with Crippen molar-refractivity contribution in [3.05, 3.63) is 52.5 Å². The van der Waals surface area contributed by atoms with Gasteiger partial charge < -0.3 is 14.4 Å². The molecule has 0 unspecified atom stereocenters. The molecule has 0 atom stereocenters. The molecule has 7 nitrogen and oxygen atoms in total.